The SMILES string of the molecule is CCC(CC)n1cc(C=O)c(-c2ccc(C#N)c(F)c2)n1. The minimum absolute atomic E-state index is 0.0224. The molecule has 0 aliphatic carbocycles. The molecule has 1 aromatic heterocycles. The molecule has 1 heterocycles. The van der Waals surface area contributed by atoms with Gasteiger partial charge in [0.2, 0.25) is 0 Å². The smallest absolute Gasteiger partial charge is 0.153 e. The summed E-state index contributed by atoms with van der Waals surface area (Å²) in [6.45, 7) is 4.11. The van der Waals surface area contributed by atoms with E-state index in [4.69, 9.17) is 5.26 Å². The fourth-order valence-electron chi connectivity index (χ4n) is 2.32. The summed E-state index contributed by atoms with van der Waals surface area (Å²) >= 11 is 0. The van der Waals surface area contributed by atoms with Crippen molar-refractivity contribution >= 4 is 6.29 Å². The molecular weight excluding hydrogens is 269 g/mol. The first-order chi connectivity index (χ1) is 10.1. The van der Waals surface area contributed by atoms with Gasteiger partial charge in [-0.15, -0.1) is 0 Å². The van der Waals surface area contributed by atoms with E-state index in [9.17, 15) is 9.18 Å². The van der Waals surface area contributed by atoms with Crippen LogP contribution in [0.15, 0.2) is 24.4 Å². The molecule has 0 bridgehead atoms. The molecule has 1 aromatic carbocycles. The van der Waals surface area contributed by atoms with E-state index >= 15 is 0 Å². The van der Waals surface area contributed by atoms with Crippen LogP contribution in [0.25, 0.3) is 11.3 Å². The van der Waals surface area contributed by atoms with Crippen molar-refractivity contribution in [3.8, 4) is 17.3 Å². The van der Waals surface area contributed by atoms with Gasteiger partial charge in [0, 0.05) is 11.8 Å². The molecule has 0 amide bonds. The van der Waals surface area contributed by atoms with Crippen molar-refractivity contribution in [1.82, 2.24) is 9.78 Å². The summed E-state index contributed by atoms with van der Waals surface area (Å²) in [6.07, 6.45) is 4.21. The van der Waals surface area contributed by atoms with E-state index < -0.39 is 5.82 Å². The largest absolute Gasteiger partial charge is 0.298 e. The molecule has 0 aliphatic heterocycles. The van der Waals surface area contributed by atoms with Crippen LogP contribution in [0.2, 0.25) is 0 Å². The Bertz CT molecular complexity index is 696. The summed E-state index contributed by atoms with van der Waals surface area (Å²) in [5, 5.41) is 13.2. The highest BCUT2D eigenvalue weighted by molar-refractivity contribution is 5.85. The van der Waals surface area contributed by atoms with Crippen molar-refractivity contribution in [3.63, 3.8) is 0 Å². The maximum Gasteiger partial charge on any atom is 0.153 e. The minimum atomic E-state index is -0.607. The number of aromatic nitrogens is 2. The van der Waals surface area contributed by atoms with Crippen LogP contribution in [0.3, 0.4) is 0 Å². The Morgan fingerprint density at radius 2 is 2.14 bits per heavy atom. The van der Waals surface area contributed by atoms with Crippen LogP contribution < -0.4 is 0 Å². The minimum Gasteiger partial charge on any atom is -0.298 e. The molecule has 0 atom stereocenters. The van der Waals surface area contributed by atoms with E-state index in [0.717, 1.165) is 19.1 Å². The molecule has 108 valence electrons. The van der Waals surface area contributed by atoms with Crippen molar-refractivity contribution < 1.29 is 9.18 Å². The molecule has 0 aliphatic rings. The normalized spacial score (nSPS) is 10.6. The molecule has 2 aromatic rings. The van der Waals surface area contributed by atoms with Crippen LogP contribution in [0.1, 0.15) is 48.7 Å². The molecular formula is C16H16FN3O. The van der Waals surface area contributed by atoms with Gasteiger partial charge in [-0.05, 0) is 25.0 Å². The van der Waals surface area contributed by atoms with Crippen molar-refractivity contribution in [1.29, 1.82) is 5.26 Å². The topological polar surface area (TPSA) is 58.7 Å². The second-order valence-electron chi connectivity index (χ2n) is 4.81. The van der Waals surface area contributed by atoms with Gasteiger partial charge in [0.1, 0.15) is 17.6 Å². The first-order valence-corrected chi connectivity index (χ1v) is 6.88. The summed E-state index contributed by atoms with van der Waals surface area (Å²) in [5.41, 5.74) is 1.34. The van der Waals surface area contributed by atoms with E-state index in [1.54, 1.807) is 23.0 Å². The quantitative estimate of drug-likeness (QED) is 0.786. The summed E-state index contributed by atoms with van der Waals surface area (Å²) in [4.78, 5) is 11.2. The fraction of sp³-hybridized carbons (Fsp3) is 0.312. The van der Waals surface area contributed by atoms with Gasteiger partial charge in [-0.25, -0.2) is 4.39 Å². The molecule has 2 rings (SSSR count). The van der Waals surface area contributed by atoms with Crippen molar-refractivity contribution in [2.45, 2.75) is 32.7 Å². The van der Waals surface area contributed by atoms with Gasteiger partial charge in [0.25, 0.3) is 0 Å². The second kappa shape index (κ2) is 6.31. The van der Waals surface area contributed by atoms with Gasteiger partial charge in [-0.2, -0.15) is 10.4 Å². The molecule has 0 spiro atoms. The van der Waals surface area contributed by atoms with Crippen LogP contribution in [-0.2, 0) is 0 Å². The molecule has 21 heavy (non-hydrogen) atoms. The highest BCUT2D eigenvalue weighted by Crippen LogP contribution is 2.25. The third kappa shape index (κ3) is 2.84. The molecule has 0 saturated carbocycles. The van der Waals surface area contributed by atoms with E-state index in [0.29, 0.717) is 16.8 Å². The molecule has 0 radical (unpaired) electrons. The Balaban J connectivity index is 2.51. The number of halogens is 1. The Hall–Kier alpha value is -2.48. The van der Waals surface area contributed by atoms with E-state index in [-0.39, 0.29) is 11.6 Å². The number of nitriles is 1. The molecule has 0 fully saturated rings. The van der Waals surface area contributed by atoms with Gasteiger partial charge < -0.3 is 0 Å². The van der Waals surface area contributed by atoms with Gasteiger partial charge in [-0.1, -0.05) is 19.9 Å². The third-order valence-corrected chi connectivity index (χ3v) is 3.57. The Morgan fingerprint density at radius 1 is 1.43 bits per heavy atom. The van der Waals surface area contributed by atoms with E-state index in [1.165, 1.54) is 12.1 Å². The maximum absolute atomic E-state index is 13.7. The zero-order chi connectivity index (χ0) is 15.4. The summed E-state index contributed by atoms with van der Waals surface area (Å²) in [6, 6.07) is 6.23. The van der Waals surface area contributed by atoms with Crippen LogP contribution in [0, 0.1) is 17.1 Å². The van der Waals surface area contributed by atoms with Crippen molar-refractivity contribution in [2.75, 3.05) is 0 Å². The lowest BCUT2D eigenvalue weighted by atomic mass is 10.1. The molecule has 0 saturated heterocycles. The number of aldehydes is 1. The monoisotopic (exact) mass is 285 g/mol. The number of hydrogen-bond donors (Lipinski definition) is 0. The van der Waals surface area contributed by atoms with Crippen molar-refractivity contribution in [2.24, 2.45) is 0 Å². The van der Waals surface area contributed by atoms with Gasteiger partial charge in [0.05, 0.1) is 17.2 Å². The Morgan fingerprint density at radius 3 is 2.67 bits per heavy atom. The van der Waals surface area contributed by atoms with E-state index in [2.05, 4.69) is 18.9 Å². The Labute approximate surface area is 122 Å². The number of carbonyl (C=O) groups excluding carboxylic acids is 1. The molecule has 0 N–H and O–H groups in total. The maximum atomic E-state index is 13.7. The number of carbonyl (C=O) groups is 1. The first-order valence-electron chi connectivity index (χ1n) is 6.88. The summed E-state index contributed by atoms with van der Waals surface area (Å²) < 4.78 is 15.5. The zero-order valence-corrected chi connectivity index (χ0v) is 12.0. The lowest BCUT2D eigenvalue weighted by Crippen LogP contribution is -2.07. The average molecular weight is 285 g/mol. The molecule has 0 unspecified atom stereocenters. The number of hydrogen-bond acceptors (Lipinski definition) is 3. The standard InChI is InChI=1S/C16H16FN3O/c1-3-14(4-2)20-9-13(10-21)16(19-20)11-5-6-12(8-18)15(17)7-11/h5-7,9-10,14H,3-4H2,1-2H3. The van der Waals surface area contributed by atoms with Gasteiger partial charge >= 0.3 is 0 Å². The van der Waals surface area contributed by atoms with Crippen LogP contribution in [0.4, 0.5) is 4.39 Å². The van der Waals surface area contributed by atoms with Crippen LogP contribution in [0.5, 0.6) is 0 Å². The lowest BCUT2D eigenvalue weighted by molar-refractivity contribution is 0.112. The molecule has 4 nitrogen and oxygen atoms in total. The summed E-state index contributed by atoms with van der Waals surface area (Å²) in [7, 11) is 0. The summed E-state index contributed by atoms with van der Waals surface area (Å²) in [5.74, 6) is -0.607. The predicted octanol–water partition coefficient (Wildman–Crippen LogP) is 3.73. The molecule has 5 heteroatoms. The lowest BCUT2D eigenvalue weighted by Gasteiger charge is -2.12. The van der Waals surface area contributed by atoms with Crippen molar-refractivity contribution in [3.05, 3.63) is 41.3 Å². The predicted molar refractivity (Wildman–Crippen MR) is 77.3 cm³/mol. The fourth-order valence-corrected chi connectivity index (χ4v) is 2.32. The van der Waals surface area contributed by atoms with Gasteiger partial charge in [0.15, 0.2) is 6.29 Å². The first kappa shape index (κ1) is 14.9. The highest BCUT2D eigenvalue weighted by Gasteiger charge is 2.16. The van der Waals surface area contributed by atoms with Crippen LogP contribution in [-0.4, -0.2) is 16.1 Å². The van der Waals surface area contributed by atoms with E-state index in [1.807, 2.05) is 0 Å². The van der Waals surface area contributed by atoms with Crippen LogP contribution >= 0.6 is 0 Å². The second-order valence-corrected chi connectivity index (χ2v) is 4.81. The third-order valence-electron chi connectivity index (χ3n) is 3.57. The number of nitrogens with zero attached hydrogens (tertiary/aromatic N) is 3. The Kier molecular flexibility index (Phi) is 4.49. The average Bonchev–Trinajstić information content (AvgIpc) is 2.92. The van der Waals surface area contributed by atoms with Gasteiger partial charge in [-0.3, -0.25) is 9.48 Å². The number of benzene rings is 1. The zero-order valence-electron chi connectivity index (χ0n) is 12.0. The highest BCUT2D eigenvalue weighted by atomic mass is 19.1. The number of rotatable bonds is 5.